The van der Waals surface area contributed by atoms with Gasteiger partial charge in [0.25, 0.3) is 0 Å². The summed E-state index contributed by atoms with van der Waals surface area (Å²) in [7, 11) is 0. The first kappa shape index (κ1) is 14.6. The lowest BCUT2D eigenvalue weighted by atomic mass is 9.79. The molecule has 5 heteroatoms. The number of hydrogen-bond acceptors (Lipinski definition) is 5. The van der Waals surface area contributed by atoms with E-state index in [2.05, 4.69) is 17.1 Å². The molecule has 0 bridgehead atoms. The zero-order chi connectivity index (χ0) is 15.6. The molecule has 0 saturated carbocycles. The van der Waals surface area contributed by atoms with Crippen molar-refractivity contribution in [3.05, 3.63) is 52.9 Å². The molecule has 0 spiro atoms. The van der Waals surface area contributed by atoms with Gasteiger partial charge in [-0.05, 0) is 11.6 Å². The minimum absolute atomic E-state index is 0.0512. The molecule has 106 valence electrons. The van der Waals surface area contributed by atoms with E-state index in [1.165, 1.54) is 0 Å². The number of aromatic nitrogens is 1. The third-order valence-electron chi connectivity index (χ3n) is 3.24. The molecule has 1 atom stereocenters. The molecule has 0 radical (unpaired) electrons. The van der Waals surface area contributed by atoms with E-state index in [0.717, 1.165) is 5.56 Å². The van der Waals surface area contributed by atoms with Gasteiger partial charge in [0.15, 0.2) is 0 Å². The van der Waals surface area contributed by atoms with Crippen LogP contribution in [0.2, 0.25) is 0 Å². The fourth-order valence-corrected chi connectivity index (χ4v) is 2.31. The lowest BCUT2D eigenvalue weighted by molar-refractivity contribution is 0.199. The van der Waals surface area contributed by atoms with Crippen molar-refractivity contribution in [3.63, 3.8) is 0 Å². The zero-order valence-corrected chi connectivity index (χ0v) is 12.2. The van der Waals surface area contributed by atoms with Gasteiger partial charge >= 0.3 is 0 Å². The maximum atomic E-state index is 9.57. The van der Waals surface area contributed by atoms with Crippen LogP contribution in [-0.4, -0.2) is 4.98 Å². The van der Waals surface area contributed by atoms with Crippen molar-refractivity contribution in [2.24, 2.45) is 11.1 Å². The number of ether oxygens (including phenoxy) is 1. The van der Waals surface area contributed by atoms with Gasteiger partial charge in [0.2, 0.25) is 5.88 Å². The number of nitriles is 2. The van der Waals surface area contributed by atoms with Crippen LogP contribution < -0.4 is 5.73 Å². The fraction of sp³-hybridized carbons (Fsp3) is 0.312. The Hall–Kier alpha value is -2.79. The van der Waals surface area contributed by atoms with Crippen molar-refractivity contribution in [1.82, 2.24) is 4.98 Å². The first-order valence-corrected chi connectivity index (χ1v) is 6.52. The summed E-state index contributed by atoms with van der Waals surface area (Å²) in [6, 6.07) is 7.83. The Morgan fingerprint density at radius 3 is 2.38 bits per heavy atom. The molecular weight excluding hydrogens is 264 g/mol. The lowest BCUT2D eigenvalue weighted by Gasteiger charge is -2.31. The summed E-state index contributed by atoms with van der Waals surface area (Å²) >= 11 is 0. The van der Waals surface area contributed by atoms with Crippen molar-refractivity contribution in [2.75, 3.05) is 0 Å². The first-order valence-electron chi connectivity index (χ1n) is 6.52. The van der Waals surface area contributed by atoms with Crippen molar-refractivity contribution >= 4 is 0 Å². The average Bonchev–Trinajstić information content (AvgIpc) is 2.46. The number of rotatable bonds is 1. The number of pyridine rings is 1. The highest BCUT2D eigenvalue weighted by atomic mass is 16.5. The highest BCUT2D eigenvalue weighted by molar-refractivity contribution is 5.53. The summed E-state index contributed by atoms with van der Waals surface area (Å²) < 4.78 is 5.58. The fourth-order valence-electron chi connectivity index (χ4n) is 2.31. The Balaban J connectivity index is 2.71. The maximum absolute atomic E-state index is 9.57. The second-order valence-electron chi connectivity index (χ2n) is 5.82. The monoisotopic (exact) mass is 280 g/mol. The SMILES string of the molecule is CC(C)(C)C1=C(C#N)[C@H](c2cccnc2)C(C#N)=C(N)O1. The van der Waals surface area contributed by atoms with Crippen LogP contribution in [-0.2, 0) is 4.74 Å². The Morgan fingerprint density at radius 1 is 1.24 bits per heavy atom. The lowest BCUT2D eigenvalue weighted by Crippen LogP contribution is -2.26. The van der Waals surface area contributed by atoms with Gasteiger partial charge in [0.05, 0.1) is 17.6 Å². The molecule has 0 fully saturated rings. The van der Waals surface area contributed by atoms with Crippen LogP contribution in [0.15, 0.2) is 47.3 Å². The Labute approximate surface area is 124 Å². The van der Waals surface area contributed by atoms with Crippen molar-refractivity contribution in [1.29, 1.82) is 10.5 Å². The quantitative estimate of drug-likeness (QED) is 0.853. The van der Waals surface area contributed by atoms with Crippen molar-refractivity contribution < 1.29 is 4.74 Å². The predicted molar refractivity (Wildman–Crippen MR) is 77.0 cm³/mol. The minimum atomic E-state index is -0.531. The van der Waals surface area contributed by atoms with Crippen LogP contribution in [0.4, 0.5) is 0 Å². The molecule has 5 nitrogen and oxygen atoms in total. The highest BCUT2D eigenvalue weighted by Crippen LogP contribution is 2.43. The van der Waals surface area contributed by atoms with Crippen LogP contribution in [0.1, 0.15) is 32.3 Å². The molecule has 21 heavy (non-hydrogen) atoms. The van der Waals surface area contributed by atoms with Gasteiger partial charge in [-0.25, -0.2) is 0 Å². The Bertz CT molecular complexity index is 697. The normalized spacial score (nSPS) is 18.8. The second-order valence-corrected chi connectivity index (χ2v) is 5.82. The third kappa shape index (κ3) is 2.59. The average molecular weight is 280 g/mol. The Kier molecular flexibility index (Phi) is 3.69. The summed E-state index contributed by atoms with van der Waals surface area (Å²) in [6.45, 7) is 5.81. The summed E-state index contributed by atoms with van der Waals surface area (Å²) in [4.78, 5) is 4.06. The van der Waals surface area contributed by atoms with E-state index in [1.54, 1.807) is 18.5 Å². The second kappa shape index (κ2) is 5.30. The molecule has 2 heterocycles. The zero-order valence-electron chi connectivity index (χ0n) is 12.2. The number of allylic oxidation sites excluding steroid dienone is 3. The van der Waals surface area contributed by atoms with E-state index in [9.17, 15) is 10.5 Å². The van der Waals surface area contributed by atoms with Gasteiger partial charge in [0.1, 0.15) is 17.4 Å². The van der Waals surface area contributed by atoms with Gasteiger partial charge < -0.3 is 10.5 Å². The first-order chi connectivity index (χ1) is 9.90. The molecule has 1 aromatic heterocycles. The molecule has 0 aromatic carbocycles. The Morgan fingerprint density at radius 2 is 1.90 bits per heavy atom. The summed E-state index contributed by atoms with van der Waals surface area (Å²) in [6.07, 6.45) is 3.28. The minimum Gasteiger partial charge on any atom is -0.443 e. The molecule has 0 aliphatic carbocycles. The van der Waals surface area contributed by atoms with E-state index in [-0.39, 0.29) is 11.5 Å². The summed E-state index contributed by atoms with van der Waals surface area (Å²) in [5, 5.41) is 19.0. The molecule has 1 aliphatic heterocycles. The van der Waals surface area contributed by atoms with Gasteiger partial charge in [-0.3, -0.25) is 4.98 Å². The summed E-state index contributed by atoms with van der Waals surface area (Å²) in [5.41, 5.74) is 6.90. The molecule has 1 aliphatic rings. The molecular formula is C16H16N4O. The largest absolute Gasteiger partial charge is 0.443 e. The van der Waals surface area contributed by atoms with Gasteiger partial charge in [0, 0.05) is 17.8 Å². The van der Waals surface area contributed by atoms with Gasteiger partial charge in [-0.1, -0.05) is 26.8 Å². The van der Waals surface area contributed by atoms with Gasteiger partial charge in [-0.15, -0.1) is 0 Å². The number of nitrogens with zero attached hydrogens (tertiary/aromatic N) is 3. The molecule has 0 amide bonds. The smallest absolute Gasteiger partial charge is 0.205 e. The van der Waals surface area contributed by atoms with E-state index in [1.807, 2.05) is 26.8 Å². The highest BCUT2D eigenvalue weighted by Gasteiger charge is 2.37. The molecule has 2 rings (SSSR count). The molecule has 2 N–H and O–H groups in total. The standard InChI is InChI=1S/C16H16N4O/c1-16(2,3)14-11(7-17)13(10-5-4-6-20-9-10)12(8-18)15(19)21-14/h4-6,9,13H,19H2,1-3H3/t13-/m0/s1. The third-order valence-corrected chi connectivity index (χ3v) is 3.24. The van der Waals surface area contributed by atoms with Crippen LogP contribution in [0, 0.1) is 28.1 Å². The van der Waals surface area contributed by atoms with E-state index in [4.69, 9.17) is 10.5 Å². The maximum Gasteiger partial charge on any atom is 0.205 e. The number of hydrogen-bond donors (Lipinski definition) is 1. The summed E-state index contributed by atoms with van der Waals surface area (Å²) in [5.74, 6) is 0.0160. The van der Waals surface area contributed by atoms with Gasteiger partial charge in [-0.2, -0.15) is 10.5 Å². The van der Waals surface area contributed by atoms with Crippen LogP contribution >= 0.6 is 0 Å². The molecule has 0 saturated heterocycles. The topological polar surface area (TPSA) is 95.7 Å². The van der Waals surface area contributed by atoms with Crippen molar-refractivity contribution in [3.8, 4) is 12.1 Å². The van der Waals surface area contributed by atoms with Crippen LogP contribution in [0.3, 0.4) is 0 Å². The molecule has 0 unspecified atom stereocenters. The number of nitrogens with two attached hydrogens (primary N) is 1. The van der Waals surface area contributed by atoms with Crippen molar-refractivity contribution in [2.45, 2.75) is 26.7 Å². The van der Waals surface area contributed by atoms with Crippen LogP contribution in [0.5, 0.6) is 0 Å². The van der Waals surface area contributed by atoms with E-state index < -0.39 is 11.3 Å². The predicted octanol–water partition coefficient (Wildman–Crippen LogP) is 2.71. The van der Waals surface area contributed by atoms with E-state index in [0.29, 0.717) is 11.3 Å². The van der Waals surface area contributed by atoms with E-state index >= 15 is 0 Å². The molecule has 1 aromatic rings. The van der Waals surface area contributed by atoms with Crippen LogP contribution in [0.25, 0.3) is 0 Å².